The molecule has 1 heterocycles. The van der Waals surface area contributed by atoms with Crippen molar-refractivity contribution in [1.29, 1.82) is 0 Å². The van der Waals surface area contributed by atoms with Gasteiger partial charge >= 0.3 is 6.18 Å². The molecule has 1 saturated heterocycles. The van der Waals surface area contributed by atoms with E-state index < -0.39 is 11.7 Å². The Morgan fingerprint density at radius 1 is 1.14 bits per heavy atom. The Kier molecular flexibility index (Phi) is 3.46. The Morgan fingerprint density at radius 3 is 2.38 bits per heavy atom. The summed E-state index contributed by atoms with van der Waals surface area (Å²) in [7, 11) is 0. The van der Waals surface area contributed by atoms with Crippen molar-refractivity contribution in [2.45, 2.75) is 38.3 Å². The number of carbonyl (C=O) groups is 1. The molecule has 1 aromatic carbocycles. The number of carbonyl (C=O) groups excluding carboxylic acids is 1. The van der Waals surface area contributed by atoms with E-state index >= 15 is 0 Å². The predicted octanol–water partition coefficient (Wildman–Crippen LogP) is 3.65. The fraction of sp³-hybridized carbons (Fsp3) is 0.562. The molecule has 2 nitrogen and oxygen atoms in total. The quantitative estimate of drug-likeness (QED) is 0.816. The number of rotatable bonds is 2. The van der Waals surface area contributed by atoms with Gasteiger partial charge in [-0.05, 0) is 42.7 Å². The molecule has 1 aliphatic heterocycles. The molecule has 0 atom stereocenters. The summed E-state index contributed by atoms with van der Waals surface area (Å²) in [6, 6.07) is 5.05. The van der Waals surface area contributed by atoms with E-state index in [9.17, 15) is 18.0 Å². The normalized spacial score (nSPS) is 20.6. The van der Waals surface area contributed by atoms with Gasteiger partial charge in [-0.25, -0.2) is 0 Å². The number of likely N-dealkylation sites (tertiary alicyclic amines) is 1. The second-order valence-electron chi connectivity index (χ2n) is 6.26. The molecule has 114 valence electrons. The predicted molar refractivity (Wildman–Crippen MR) is 72.6 cm³/mol. The van der Waals surface area contributed by atoms with Crippen LogP contribution in [0, 0.1) is 5.41 Å². The first-order valence-electron chi connectivity index (χ1n) is 7.32. The maximum Gasteiger partial charge on any atom is 0.416 e. The van der Waals surface area contributed by atoms with Crippen molar-refractivity contribution in [1.82, 2.24) is 4.90 Å². The van der Waals surface area contributed by atoms with Crippen LogP contribution in [0.4, 0.5) is 13.2 Å². The first kappa shape index (κ1) is 14.4. The molecular weight excluding hydrogens is 279 g/mol. The van der Waals surface area contributed by atoms with E-state index in [0.29, 0.717) is 11.0 Å². The van der Waals surface area contributed by atoms with E-state index in [2.05, 4.69) is 0 Å². The molecule has 0 radical (unpaired) electrons. The van der Waals surface area contributed by atoms with E-state index in [1.807, 2.05) is 0 Å². The minimum Gasteiger partial charge on any atom is -0.342 e. The summed E-state index contributed by atoms with van der Waals surface area (Å²) in [5.74, 6) is -0.0650. The van der Waals surface area contributed by atoms with Gasteiger partial charge < -0.3 is 4.90 Å². The Bertz CT molecular complexity index is 539. The standard InChI is InChI=1S/C16H18F3NO/c17-16(18,19)13-3-1-2-12(10-13)11-14(21)20-8-6-15(4-5-15)7-9-20/h1-3,10H,4-9,11H2. The Morgan fingerprint density at radius 2 is 1.81 bits per heavy atom. The monoisotopic (exact) mass is 297 g/mol. The van der Waals surface area contributed by atoms with Crippen LogP contribution in [0.5, 0.6) is 0 Å². The van der Waals surface area contributed by atoms with Crippen LogP contribution in [0.1, 0.15) is 36.8 Å². The molecule has 1 amide bonds. The maximum absolute atomic E-state index is 12.7. The first-order valence-corrected chi connectivity index (χ1v) is 7.32. The van der Waals surface area contributed by atoms with E-state index in [-0.39, 0.29) is 12.3 Å². The van der Waals surface area contributed by atoms with Crippen LogP contribution in [0.2, 0.25) is 0 Å². The highest BCUT2D eigenvalue weighted by atomic mass is 19.4. The Labute approximate surface area is 121 Å². The smallest absolute Gasteiger partial charge is 0.342 e. The van der Waals surface area contributed by atoms with Gasteiger partial charge in [0.25, 0.3) is 0 Å². The van der Waals surface area contributed by atoms with Crippen molar-refractivity contribution >= 4 is 5.91 Å². The maximum atomic E-state index is 12.7. The summed E-state index contributed by atoms with van der Waals surface area (Å²) in [4.78, 5) is 14.0. The molecule has 0 bridgehead atoms. The van der Waals surface area contributed by atoms with Crippen molar-refractivity contribution < 1.29 is 18.0 Å². The minimum absolute atomic E-state index is 0.0525. The lowest BCUT2D eigenvalue weighted by Gasteiger charge is -2.32. The molecule has 2 fully saturated rings. The fourth-order valence-corrected chi connectivity index (χ4v) is 3.05. The fourth-order valence-electron chi connectivity index (χ4n) is 3.05. The zero-order valence-electron chi connectivity index (χ0n) is 11.7. The molecule has 1 saturated carbocycles. The van der Waals surface area contributed by atoms with Gasteiger partial charge in [0.2, 0.25) is 5.91 Å². The third-order valence-corrected chi connectivity index (χ3v) is 4.74. The van der Waals surface area contributed by atoms with Gasteiger partial charge in [0.05, 0.1) is 12.0 Å². The average molecular weight is 297 g/mol. The van der Waals surface area contributed by atoms with Gasteiger partial charge in [0.15, 0.2) is 0 Å². The van der Waals surface area contributed by atoms with Gasteiger partial charge in [-0.3, -0.25) is 4.79 Å². The van der Waals surface area contributed by atoms with Crippen molar-refractivity contribution in [3.63, 3.8) is 0 Å². The van der Waals surface area contributed by atoms with Crippen LogP contribution >= 0.6 is 0 Å². The van der Waals surface area contributed by atoms with Gasteiger partial charge in [-0.2, -0.15) is 13.2 Å². The number of alkyl halides is 3. The molecule has 1 spiro atoms. The average Bonchev–Trinajstić information content (AvgIpc) is 3.18. The van der Waals surface area contributed by atoms with Crippen LogP contribution < -0.4 is 0 Å². The van der Waals surface area contributed by atoms with Gasteiger partial charge in [0, 0.05) is 13.1 Å². The zero-order valence-corrected chi connectivity index (χ0v) is 11.7. The highest BCUT2D eigenvalue weighted by molar-refractivity contribution is 5.79. The Hall–Kier alpha value is -1.52. The van der Waals surface area contributed by atoms with Gasteiger partial charge in [-0.1, -0.05) is 18.2 Å². The van der Waals surface area contributed by atoms with Crippen LogP contribution in [0.25, 0.3) is 0 Å². The van der Waals surface area contributed by atoms with Gasteiger partial charge in [-0.15, -0.1) is 0 Å². The molecule has 2 aliphatic rings. The van der Waals surface area contributed by atoms with E-state index in [1.54, 1.807) is 11.0 Å². The summed E-state index contributed by atoms with van der Waals surface area (Å²) < 4.78 is 38.0. The SMILES string of the molecule is O=C(Cc1cccc(C(F)(F)F)c1)N1CCC2(CC1)CC2. The molecule has 21 heavy (non-hydrogen) atoms. The largest absolute Gasteiger partial charge is 0.416 e. The minimum atomic E-state index is -4.36. The van der Waals surface area contributed by atoms with Crippen molar-refractivity contribution in [3.05, 3.63) is 35.4 Å². The van der Waals surface area contributed by atoms with Crippen LogP contribution in [-0.4, -0.2) is 23.9 Å². The molecule has 0 aromatic heterocycles. The van der Waals surface area contributed by atoms with E-state index in [1.165, 1.54) is 18.9 Å². The second-order valence-corrected chi connectivity index (χ2v) is 6.26. The molecule has 0 N–H and O–H groups in total. The first-order chi connectivity index (χ1) is 9.88. The summed E-state index contributed by atoms with van der Waals surface area (Å²) >= 11 is 0. The molecule has 3 rings (SSSR count). The summed E-state index contributed by atoms with van der Waals surface area (Å²) in [6.07, 6.45) is 0.313. The molecule has 0 unspecified atom stereocenters. The topological polar surface area (TPSA) is 20.3 Å². The Balaban J connectivity index is 1.62. The van der Waals surface area contributed by atoms with Crippen LogP contribution in [-0.2, 0) is 17.4 Å². The summed E-state index contributed by atoms with van der Waals surface area (Å²) in [5.41, 5.74) is 0.234. The van der Waals surface area contributed by atoms with Crippen LogP contribution in [0.3, 0.4) is 0 Å². The molecule has 5 heteroatoms. The van der Waals surface area contributed by atoms with E-state index in [0.717, 1.165) is 38.1 Å². The molecular formula is C16H18F3NO. The number of hydrogen-bond donors (Lipinski definition) is 0. The van der Waals surface area contributed by atoms with Crippen LogP contribution in [0.15, 0.2) is 24.3 Å². The lowest BCUT2D eigenvalue weighted by atomic mass is 9.93. The number of piperidine rings is 1. The lowest BCUT2D eigenvalue weighted by molar-refractivity contribution is -0.138. The number of nitrogens with zero attached hydrogens (tertiary/aromatic N) is 1. The summed E-state index contributed by atoms with van der Waals surface area (Å²) in [5, 5.41) is 0. The molecule has 1 aliphatic carbocycles. The summed E-state index contributed by atoms with van der Waals surface area (Å²) in [6.45, 7) is 1.50. The van der Waals surface area contributed by atoms with Crippen molar-refractivity contribution in [2.24, 2.45) is 5.41 Å². The zero-order chi connectivity index (χ0) is 15.1. The third kappa shape index (κ3) is 3.22. The number of hydrogen-bond acceptors (Lipinski definition) is 1. The van der Waals surface area contributed by atoms with Gasteiger partial charge in [0.1, 0.15) is 0 Å². The molecule has 1 aromatic rings. The highest BCUT2D eigenvalue weighted by Crippen LogP contribution is 2.53. The number of halogens is 3. The van der Waals surface area contributed by atoms with Crippen molar-refractivity contribution in [2.75, 3.05) is 13.1 Å². The highest BCUT2D eigenvalue weighted by Gasteiger charge is 2.45. The third-order valence-electron chi connectivity index (χ3n) is 4.74. The second kappa shape index (κ2) is 5.04. The van der Waals surface area contributed by atoms with E-state index in [4.69, 9.17) is 0 Å². The number of benzene rings is 1. The van der Waals surface area contributed by atoms with Crippen molar-refractivity contribution in [3.8, 4) is 0 Å². The lowest BCUT2D eigenvalue weighted by Crippen LogP contribution is -2.39. The number of amides is 1.